The van der Waals surface area contributed by atoms with Crippen LogP contribution in [0.15, 0.2) is 48.5 Å². The molecule has 2 N–H and O–H groups in total. The van der Waals surface area contributed by atoms with Crippen LogP contribution >= 0.6 is 0 Å². The third kappa shape index (κ3) is 4.78. The zero-order chi connectivity index (χ0) is 19.4. The summed E-state index contributed by atoms with van der Waals surface area (Å²) >= 11 is 0. The molecule has 1 aliphatic rings. The lowest BCUT2D eigenvalue weighted by Gasteiger charge is -2.14. The number of hydrogen-bond acceptors (Lipinski definition) is 3. The Morgan fingerprint density at radius 1 is 1.11 bits per heavy atom. The Hall–Kier alpha value is -3.03. The zero-order valence-corrected chi connectivity index (χ0v) is 14.2. The molecule has 2 aromatic carbocycles. The first kappa shape index (κ1) is 18.8. The highest BCUT2D eigenvalue weighted by atomic mass is 19.4. The Morgan fingerprint density at radius 2 is 1.81 bits per heavy atom. The van der Waals surface area contributed by atoms with Crippen molar-refractivity contribution >= 4 is 11.8 Å². The number of benzene rings is 2. The molecule has 8 heteroatoms. The maximum absolute atomic E-state index is 12.4. The highest BCUT2D eigenvalue weighted by molar-refractivity contribution is 5.99. The summed E-state index contributed by atoms with van der Waals surface area (Å²) in [6.45, 7) is 0.152. The van der Waals surface area contributed by atoms with E-state index in [4.69, 9.17) is 0 Å². The summed E-state index contributed by atoms with van der Waals surface area (Å²) in [6, 6.07) is 12.4. The molecule has 1 heterocycles. The van der Waals surface area contributed by atoms with E-state index in [-0.39, 0.29) is 37.0 Å². The molecule has 0 saturated heterocycles. The van der Waals surface area contributed by atoms with Gasteiger partial charge in [0.2, 0.25) is 5.91 Å². The minimum Gasteiger partial charge on any atom is -0.406 e. The monoisotopic (exact) mass is 378 g/mol. The molecule has 5 nitrogen and oxygen atoms in total. The van der Waals surface area contributed by atoms with Crippen molar-refractivity contribution in [3.8, 4) is 5.75 Å². The average molecular weight is 378 g/mol. The van der Waals surface area contributed by atoms with Crippen molar-refractivity contribution in [3.05, 3.63) is 65.2 Å². The Bertz CT molecular complexity index is 852. The Morgan fingerprint density at radius 3 is 2.59 bits per heavy atom. The fraction of sp³-hybridized carbons (Fsp3) is 0.263. The number of carbonyl (C=O) groups excluding carboxylic acids is 2. The van der Waals surface area contributed by atoms with Crippen molar-refractivity contribution in [2.45, 2.75) is 25.2 Å². The van der Waals surface area contributed by atoms with Gasteiger partial charge in [0.25, 0.3) is 5.91 Å². The predicted molar refractivity (Wildman–Crippen MR) is 91.1 cm³/mol. The number of ether oxygens (including phenoxy) is 1. The molecular weight excluding hydrogens is 361 g/mol. The van der Waals surface area contributed by atoms with Gasteiger partial charge in [-0.25, -0.2) is 0 Å². The van der Waals surface area contributed by atoms with Crippen LogP contribution in [0.4, 0.5) is 13.2 Å². The number of hydrogen-bond donors (Lipinski definition) is 2. The summed E-state index contributed by atoms with van der Waals surface area (Å²) in [4.78, 5) is 24.0. The molecule has 0 bridgehead atoms. The van der Waals surface area contributed by atoms with Gasteiger partial charge in [-0.05, 0) is 29.7 Å². The van der Waals surface area contributed by atoms with Crippen LogP contribution in [-0.2, 0) is 11.2 Å². The molecule has 0 saturated carbocycles. The van der Waals surface area contributed by atoms with Crippen LogP contribution in [0.3, 0.4) is 0 Å². The van der Waals surface area contributed by atoms with Gasteiger partial charge in [0.1, 0.15) is 5.75 Å². The van der Waals surface area contributed by atoms with Gasteiger partial charge >= 0.3 is 6.36 Å². The fourth-order valence-corrected chi connectivity index (χ4v) is 3.01. The van der Waals surface area contributed by atoms with Gasteiger partial charge in [-0.1, -0.05) is 36.4 Å². The lowest BCUT2D eigenvalue weighted by molar-refractivity contribution is -0.274. The van der Waals surface area contributed by atoms with Crippen LogP contribution in [0.1, 0.15) is 33.9 Å². The summed E-state index contributed by atoms with van der Waals surface area (Å²) in [5, 5.41) is 5.42. The Balaban J connectivity index is 1.53. The van der Waals surface area contributed by atoms with E-state index in [1.165, 1.54) is 18.2 Å². The Labute approximate surface area is 153 Å². The van der Waals surface area contributed by atoms with E-state index >= 15 is 0 Å². The van der Waals surface area contributed by atoms with Crippen molar-refractivity contribution in [2.75, 3.05) is 6.54 Å². The topological polar surface area (TPSA) is 67.4 Å². The van der Waals surface area contributed by atoms with E-state index in [1.54, 1.807) is 30.3 Å². The van der Waals surface area contributed by atoms with Gasteiger partial charge in [0.15, 0.2) is 0 Å². The maximum atomic E-state index is 12.4. The standard InChI is InChI=1S/C19H17F3N2O3/c20-19(21,22)27-16-8-4-1-5-12(16)9-10-23-17(25)11-15-13-6-2-3-7-14(13)18(26)24-15/h1-8,15H,9-11H2,(H,23,25)(H,24,26)/t15-/m1/s1. The number of carbonyl (C=O) groups is 2. The van der Waals surface area contributed by atoms with Crippen LogP contribution in [0.25, 0.3) is 0 Å². The molecular formula is C19H17F3N2O3. The Kier molecular flexibility index (Phi) is 5.34. The van der Waals surface area contributed by atoms with Crippen molar-refractivity contribution in [1.29, 1.82) is 0 Å². The van der Waals surface area contributed by atoms with Gasteiger partial charge in [-0.2, -0.15) is 0 Å². The summed E-state index contributed by atoms with van der Waals surface area (Å²) in [5.74, 6) is -0.802. The number of alkyl halides is 3. The molecule has 27 heavy (non-hydrogen) atoms. The second-order valence-electron chi connectivity index (χ2n) is 6.07. The third-order valence-corrected chi connectivity index (χ3v) is 4.19. The van der Waals surface area contributed by atoms with Crippen LogP contribution < -0.4 is 15.4 Å². The normalized spacial score (nSPS) is 15.8. The molecule has 3 rings (SSSR count). The number of nitrogens with one attached hydrogen (secondary N) is 2. The molecule has 0 fully saturated rings. The number of amides is 2. The second kappa shape index (κ2) is 7.69. The third-order valence-electron chi connectivity index (χ3n) is 4.19. The fourth-order valence-electron chi connectivity index (χ4n) is 3.01. The lowest BCUT2D eigenvalue weighted by Crippen LogP contribution is -2.30. The highest BCUT2D eigenvalue weighted by Gasteiger charge is 2.32. The van der Waals surface area contributed by atoms with Crippen LogP contribution in [-0.4, -0.2) is 24.7 Å². The minimum absolute atomic E-state index is 0.0590. The first-order valence-corrected chi connectivity index (χ1v) is 8.33. The van der Waals surface area contributed by atoms with Gasteiger partial charge in [0, 0.05) is 12.1 Å². The van der Waals surface area contributed by atoms with Crippen molar-refractivity contribution in [3.63, 3.8) is 0 Å². The van der Waals surface area contributed by atoms with E-state index in [9.17, 15) is 22.8 Å². The first-order valence-electron chi connectivity index (χ1n) is 8.33. The van der Waals surface area contributed by atoms with E-state index in [1.807, 2.05) is 0 Å². The number of rotatable bonds is 6. The molecule has 0 spiro atoms. The molecule has 0 aromatic heterocycles. The maximum Gasteiger partial charge on any atom is 0.573 e. The molecule has 2 amide bonds. The minimum atomic E-state index is -4.77. The quantitative estimate of drug-likeness (QED) is 0.812. The van der Waals surface area contributed by atoms with Crippen molar-refractivity contribution in [1.82, 2.24) is 10.6 Å². The smallest absolute Gasteiger partial charge is 0.406 e. The van der Waals surface area contributed by atoms with Gasteiger partial charge in [-0.15, -0.1) is 13.2 Å². The van der Waals surface area contributed by atoms with E-state index in [2.05, 4.69) is 15.4 Å². The SMILES string of the molecule is O=C(C[C@H]1NC(=O)c2ccccc21)NCCc1ccccc1OC(F)(F)F. The van der Waals surface area contributed by atoms with Gasteiger partial charge in [0.05, 0.1) is 12.5 Å². The molecule has 2 aromatic rings. The number of para-hydroxylation sites is 1. The number of halogens is 3. The summed E-state index contributed by atoms with van der Waals surface area (Å²) in [7, 11) is 0. The van der Waals surface area contributed by atoms with E-state index in [0.29, 0.717) is 11.1 Å². The number of fused-ring (bicyclic) bond motifs is 1. The summed E-state index contributed by atoms with van der Waals surface area (Å²) in [5.41, 5.74) is 1.66. The largest absolute Gasteiger partial charge is 0.573 e. The van der Waals surface area contributed by atoms with Crippen molar-refractivity contribution < 1.29 is 27.5 Å². The van der Waals surface area contributed by atoms with Gasteiger partial charge < -0.3 is 15.4 Å². The summed E-state index contributed by atoms with van der Waals surface area (Å²) < 4.78 is 41.3. The molecule has 142 valence electrons. The van der Waals surface area contributed by atoms with Gasteiger partial charge in [-0.3, -0.25) is 9.59 Å². The summed E-state index contributed by atoms with van der Waals surface area (Å²) in [6.07, 6.45) is -4.53. The van der Waals surface area contributed by atoms with Crippen LogP contribution in [0.2, 0.25) is 0 Å². The molecule has 0 aliphatic carbocycles. The molecule has 0 radical (unpaired) electrons. The molecule has 0 unspecified atom stereocenters. The van der Waals surface area contributed by atoms with Crippen LogP contribution in [0.5, 0.6) is 5.75 Å². The zero-order valence-electron chi connectivity index (χ0n) is 14.2. The van der Waals surface area contributed by atoms with E-state index < -0.39 is 12.4 Å². The first-order chi connectivity index (χ1) is 12.8. The van der Waals surface area contributed by atoms with Crippen LogP contribution in [0, 0.1) is 0 Å². The lowest BCUT2D eigenvalue weighted by atomic mass is 10.0. The van der Waals surface area contributed by atoms with Crippen molar-refractivity contribution in [2.24, 2.45) is 0 Å². The molecule has 1 aliphatic heterocycles. The highest BCUT2D eigenvalue weighted by Crippen LogP contribution is 2.28. The second-order valence-corrected chi connectivity index (χ2v) is 6.07. The molecule has 1 atom stereocenters. The average Bonchev–Trinajstić information content (AvgIpc) is 2.91. The predicted octanol–water partition coefficient (Wildman–Crippen LogP) is 3.12. The van der Waals surface area contributed by atoms with E-state index in [0.717, 1.165) is 5.56 Å².